The topological polar surface area (TPSA) is 69.7 Å². The molecule has 15 heavy (non-hydrogen) atoms. The van der Waals surface area contributed by atoms with Crippen molar-refractivity contribution < 1.29 is 23.9 Å². The molecule has 0 radical (unpaired) electrons. The van der Waals surface area contributed by atoms with Gasteiger partial charge in [-0.05, 0) is 6.92 Å². The van der Waals surface area contributed by atoms with Crippen LogP contribution in [0.1, 0.15) is 20.3 Å². The van der Waals surface area contributed by atoms with E-state index in [9.17, 15) is 14.4 Å². The van der Waals surface area contributed by atoms with Gasteiger partial charge >= 0.3 is 11.9 Å². The fraction of sp³-hybridized carbons (Fsp3) is 0.500. The SMILES string of the molecule is C=C(C)C(=O)OCCC(=O)COC(C)=O. The second-order valence-corrected chi connectivity index (χ2v) is 2.99. The first-order valence-electron chi connectivity index (χ1n) is 4.41. The summed E-state index contributed by atoms with van der Waals surface area (Å²) < 4.78 is 9.14. The maximum Gasteiger partial charge on any atom is 0.333 e. The van der Waals surface area contributed by atoms with Crippen LogP contribution in [0.25, 0.3) is 0 Å². The van der Waals surface area contributed by atoms with Crippen LogP contribution < -0.4 is 0 Å². The molecule has 5 nitrogen and oxygen atoms in total. The zero-order valence-corrected chi connectivity index (χ0v) is 8.87. The number of Topliss-reactive ketones (excluding diaryl/α,β-unsaturated/α-hetero) is 1. The molecule has 0 fully saturated rings. The second-order valence-electron chi connectivity index (χ2n) is 2.99. The van der Waals surface area contributed by atoms with Crippen LogP contribution in [0.15, 0.2) is 12.2 Å². The molecule has 0 bridgehead atoms. The first-order chi connectivity index (χ1) is 6.93. The van der Waals surface area contributed by atoms with E-state index in [1.165, 1.54) is 13.8 Å². The van der Waals surface area contributed by atoms with E-state index in [0.29, 0.717) is 0 Å². The summed E-state index contributed by atoms with van der Waals surface area (Å²) >= 11 is 0. The molecule has 0 atom stereocenters. The van der Waals surface area contributed by atoms with Gasteiger partial charge in [0, 0.05) is 18.9 Å². The Morgan fingerprint density at radius 2 is 1.73 bits per heavy atom. The van der Waals surface area contributed by atoms with E-state index < -0.39 is 11.9 Å². The lowest BCUT2D eigenvalue weighted by Crippen LogP contribution is -2.15. The molecule has 0 unspecified atom stereocenters. The molecule has 0 spiro atoms. The highest BCUT2D eigenvalue weighted by atomic mass is 16.5. The monoisotopic (exact) mass is 214 g/mol. The average Bonchev–Trinajstić information content (AvgIpc) is 2.14. The largest absolute Gasteiger partial charge is 0.462 e. The van der Waals surface area contributed by atoms with Crippen molar-refractivity contribution in [2.24, 2.45) is 0 Å². The van der Waals surface area contributed by atoms with Gasteiger partial charge < -0.3 is 9.47 Å². The first kappa shape index (κ1) is 13.4. The van der Waals surface area contributed by atoms with Crippen LogP contribution >= 0.6 is 0 Å². The van der Waals surface area contributed by atoms with Gasteiger partial charge in [-0.25, -0.2) is 4.79 Å². The maximum atomic E-state index is 11.0. The van der Waals surface area contributed by atoms with E-state index in [1.54, 1.807) is 0 Å². The van der Waals surface area contributed by atoms with E-state index in [2.05, 4.69) is 16.1 Å². The first-order valence-corrected chi connectivity index (χ1v) is 4.41. The lowest BCUT2D eigenvalue weighted by molar-refractivity contribution is -0.147. The van der Waals surface area contributed by atoms with Crippen molar-refractivity contribution in [2.75, 3.05) is 13.2 Å². The Kier molecular flexibility index (Phi) is 6.01. The number of ether oxygens (including phenoxy) is 2. The fourth-order valence-corrected chi connectivity index (χ4v) is 0.635. The zero-order chi connectivity index (χ0) is 11.8. The Labute approximate surface area is 88.0 Å². The third-order valence-corrected chi connectivity index (χ3v) is 1.40. The van der Waals surface area contributed by atoms with Crippen LogP contribution in [0.5, 0.6) is 0 Å². The Hall–Kier alpha value is -1.65. The van der Waals surface area contributed by atoms with Crippen LogP contribution in [-0.4, -0.2) is 30.9 Å². The standard InChI is InChI=1S/C10H14O5/c1-7(2)10(13)14-5-4-9(12)6-15-8(3)11/h1,4-6H2,2-3H3. The second kappa shape index (κ2) is 6.75. The summed E-state index contributed by atoms with van der Waals surface area (Å²) in [5.74, 6) is -1.34. The van der Waals surface area contributed by atoms with Crippen molar-refractivity contribution in [3.63, 3.8) is 0 Å². The van der Waals surface area contributed by atoms with E-state index in [1.807, 2.05) is 0 Å². The summed E-state index contributed by atoms with van der Waals surface area (Å²) in [5.41, 5.74) is 0.280. The minimum atomic E-state index is -0.532. The molecule has 0 N–H and O–H groups in total. The zero-order valence-electron chi connectivity index (χ0n) is 8.87. The smallest absolute Gasteiger partial charge is 0.333 e. The molecule has 0 aliphatic rings. The summed E-state index contributed by atoms with van der Waals surface area (Å²) in [4.78, 5) is 32.2. The number of ketones is 1. The number of carbonyl (C=O) groups is 3. The number of esters is 2. The highest BCUT2D eigenvalue weighted by Crippen LogP contribution is 1.94. The molecule has 0 aromatic heterocycles. The van der Waals surface area contributed by atoms with Crippen LogP contribution in [0.2, 0.25) is 0 Å². The molecule has 0 aromatic rings. The normalized spacial score (nSPS) is 9.20. The van der Waals surface area contributed by atoms with Crippen LogP contribution in [0.3, 0.4) is 0 Å². The predicted molar refractivity (Wildman–Crippen MR) is 52.0 cm³/mol. The molecule has 0 heterocycles. The van der Waals surface area contributed by atoms with Crippen molar-refractivity contribution in [1.82, 2.24) is 0 Å². The third-order valence-electron chi connectivity index (χ3n) is 1.40. The molecule has 0 aliphatic carbocycles. The summed E-state index contributed by atoms with van der Waals surface area (Å²) in [6.45, 7) is 5.82. The highest BCUT2D eigenvalue weighted by Gasteiger charge is 2.07. The lowest BCUT2D eigenvalue weighted by Gasteiger charge is -2.03. The van der Waals surface area contributed by atoms with Gasteiger partial charge in [-0.1, -0.05) is 6.58 Å². The van der Waals surface area contributed by atoms with Gasteiger partial charge in [0.15, 0.2) is 5.78 Å². The summed E-state index contributed by atoms with van der Waals surface area (Å²) in [5, 5.41) is 0. The molecule has 0 aliphatic heterocycles. The van der Waals surface area contributed by atoms with Crippen molar-refractivity contribution in [1.29, 1.82) is 0 Å². The Morgan fingerprint density at radius 3 is 2.20 bits per heavy atom. The number of carbonyl (C=O) groups excluding carboxylic acids is 3. The molecule has 0 rings (SSSR count). The Bertz CT molecular complexity index is 280. The van der Waals surface area contributed by atoms with Gasteiger partial charge in [-0.3, -0.25) is 9.59 Å². The van der Waals surface area contributed by atoms with E-state index in [0.717, 1.165) is 0 Å². The van der Waals surface area contributed by atoms with Gasteiger partial charge in [0.1, 0.15) is 6.61 Å². The minimum absolute atomic E-state index is 0.0220. The molecule has 5 heteroatoms. The van der Waals surface area contributed by atoms with Gasteiger partial charge in [-0.15, -0.1) is 0 Å². The summed E-state index contributed by atoms with van der Waals surface area (Å²) in [6, 6.07) is 0. The van der Waals surface area contributed by atoms with Gasteiger partial charge in [0.25, 0.3) is 0 Å². The van der Waals surface area contributed by atoms with E-state index in [4.69, 9.17) is 0 Å². The molecule has 84 valence electrons. The molecule has 0 saturated heterocycles. The van der Waals surface area contributed by atoms with Crippen molar-refractivity contribution in [3.05, 3.63) is 12.2 Å². The van der Waals surface area contributed by atoms with E-state index >= 15 is 0 Å². The van der Waals surface area contributed by atoms with Gasteiger partial charge in [0.2, 0.25) is 0 Å². The molecule has 0 saturated carbocycles. The number of hydrogen-bond donors (Lipinski definition) is 0. The maximum absolute atomic E-state index is 11.0. The Morgan fingerprint density at radius 1 is 1.13 bits per heavy atom. The molecular weight excluding hydrogens is 200 g/mol. The van der Waals surface area contributed by atoms with Crippen LogP contribution in [0, 0.1) is 0 Å². The number of rotatable bonds is 6. The van der Waals surface area contributed by atoms with Gasteiger partial charge in [-0.2, -0.15) is 0 Å². The highest BCUT2D eigenvalue weighted by molar-refractivity contribution is 5.87. The van der Waals surface area contributed by atoms with Crippen molar-refractivity contribution in [2.45, 2.75) is 20.3 Å². The summed E-state index contributed by atoms with van der Waals surface area (Å²) in [6.07, 6.45) is 0.0340. The molecular formula is C10H14O5. The quantitative estimate of drug-likeness (QED) is 0.479. The molecule has 0 amide bonds. The lowest BCUT2D eigenvalue weighted by atomic mass is 10.3. The fourth-order valence-electron chi connectivity index (χ4n) is 0.635. The van der Waals surface area contributed by atoms with Gasteiger partial charge in [0.05, 0.1) is 6.61 Å². The number of hydrogen-bond acceptors (Lipinski definition) is 5. The molecule has 0 aromatic carbocycles. The predicted octanol–water partition coefficient (Wildman–Crippen LogP) is 0.628. The van der Waals surface area contributed by atoms with Crippen LogP contribution in [-0.2, 0) is 23.9 Å². The third kappa shape index (κ3) is 7.42. The van der Waals surface area contributed by atoms with Crippen molar-refractivity contribution in [3.8, 4) is 0 Å². The average molecular weight is 214 g/mol. The minimum Gasteiger partial charge on any atom is -0.462 e. The van der Waals surface area contributed by atoms with E-state index in [-0.39, 0.29) is 31.0 Å². The van der Waals surface area contributed by atoms with Crippen molar-refractivity contribution >= 4 is 17.7 Å². The summed E-state index contributed by atoms with van der Waals surface area (Å²) in [7, 11) is 0. The Balaban J connectivity index is 3.59. The van der Waals surface area contributed by atoms with Crippen LogP contribution in [0.4, 0.5) is 0 Å².